The first-order valence-corrected chi connectivity index (χ1v) is 30.2. The summed E-state index contributed by atoms with van der Waals surface area (Å²) in [6.45, 7) is 14.8. The average Bonchev–Trinajstić information content (AvgIpc) is 3.29. The van der Waals surface area contributed by atoms with Gasteiger partial charge in [0.2, 0.25) is 5.91 Å². The van der Waals surface area contributed by atoms with E-state index in [1.807, 2.05) is 0 Å². The minimum atomic E-state index is 0.455. The van der Waals surface area contributed by atoms with E-state index in [1.165, 1.54) is 321 Å². The zero-order valence-electron chi connectivity index (χ0n) is 44.7. The van der Waals surface area contributed by atoms with Crippen LogP contribution in [0.2, 0.25) is 0 Å². The molecule has 0 spiro atoms. The molecule has 0 N–H and O–H groups in total. The molecule has 0 unspecified atom stereocenters. The Balaban J connectivity index is 4.79. The summed E-state index contributed by atoms with van der Waals surface area (Å²) in [6, 6.07) is 0. The van der Waals surface area contributed by atoms with Crippen molar-refractivity contribution < 1.29 is 4.79 Å². The number of hydrogen-bond donors (Lipinski definition) is 0. The topological polar surface area (TPSA) is 23.6 Å². The van der Waals surface area contributed by atoms with E-state index in [2.05, 4.69) is 37.5 Å². The molecule has 0 radical (unpaired) electrons. The number of hydrogen-bond acceptors (Lipinski definition) is 2. The Morgan fingerprint density at radius 1 is 0.222 bits per heavy atom. The zero-order valence-corrected chi connectivity index (χ0v) is 44.7. The monoisotopic (exact) mass is 887 g/mol. The Bertz CT molecular complexity index is 773. The molecule has 1 amide bonds. The van der Waals surface area contributed by atoms with Crippen LogP contribution in [0, 0.1) is 0 Å². The standard InChI is InChI=1S/C60H122N2O/c1-5-9-13-17-21-25-29-33-37-41-45-49-55-61(56-50-46-42-38-34-30-26-22-18-14-10-6-2)57-53-54-60(63)62(58-51-47-43-39-35-31-27-23-19-15-11-7-3)59-52-48-44-40-36-32-28-24-20-16-12-8-4/h5-59H2,1-4H3. The van der Waals surface area contributed by atoms with Gasteiger partial charge in [-0.15, -0.1) is 0 Å². The molecule has 0 aliphatic carbocycles. The molecule has 0 fully saturated rings. The van der Waals surface area contributed by atoms with Crippen LogP contribution >= 0.6 is 0 Å². The SMILES string of the molecule is CCCCCCCCCCCCCCN(CCCCCCCCCCCCCC)CCCC(=O)N(CCCCCCCCCCCCCC)CCCCCCCCCCCCCC. The van der Waals surface area contributed by atoms with Gasteiger partial charge in [0, 0.05) is 19.5 Å². The highest BCUT2D eigenvalue weighted by atomic mass is 16.2. The average molecular weight is 888 g/mol. The van der Waals surface area contributed by atoms with Crippen LogP contribution in [0.3, 0.4) is 0 Å². The maximum atomic E-state index is 13.8. The highest BCUT2D eigenvalue weighted by Gasteiger charge is 2.14. The molecule has 0 bridgehead atoms. The van der Waals surface area contributed by atoms with Crippen molar-refractivity contribution >= 4 is 5.91 Å². The van der Waals surface area contributed by atoms with Gasteiger partial charge in [-0.3, -0.25) is 4.79 Å². The van der Waals surface area contributed by atoms with Gasteiger partial charge in [0.25, 0.3) is 0 Å². The number of carbonyl (C=O) groups excluding carboxylic acids is 1. The van der Waals surface area contributed by atoms with E-state index in [9.17, 15) is 4.79 Å². The Morgan fingerprint density at radius 2 is 0.397 bits per heavy atom. The highest BCUT2D eigenvalue weighted by Crippen LogP contribution is 2.17. The van der Waals surface area contributed by atoms with Crippen LogP contribution in [0.1, 0.15) is 349 Å². The highest BCUT2D eigenvalue weighted by molar-refractivity contribution is 5.76. The van der Waals surface area contributed by atoms with Crippen LogP contribution in [0.15, 0.2) is 0 Å². The number of carbonyl (C=O) groups is 1. The molecule has 378 valence electrons. The van der Waals surface area contributed by atoms with Crippen molar-refractivity contribution in [3.63, 3.8) is 0 Å². The Kier molecular flexibility index (Phi) is 55.3. The van der Waals surface area contributed by atoms with Crippen LogP contribution in [0.4, 0.5) is 0 Å². The first-order valence-electron chi connectivity index (χ1n) is 30.2. The van der Waals surface area contributed by atoms with Gasteiger partial charge in [0.1, 0.15) is 0 Å². The molecule has 0 saturated carbocycles. The van der Waals surface area contributed by atoms with Gasteiger partial charge >= 0.3 is 0 Å². The predicted molar refractivity (Wildman–Crippen MR) is 287 cm³/mol. The van der Waals surface area contributed by atoms with Crippen molar-refractivity contribution in [2.75, 3.05) is 32.7 Å². The number of unbranched alkanes of at least 4 members (excludes halogenated alkanes) is 44. The van der Waals surface area contributed by atoms with E-state index in [0.29, 0.717) is 5.91 Å². The Hall–Kier alpha value is -0.570. The summed E-state index contributed by atoms with van der Waals surface area (Å²) in [5.74, 6) is 0.455. The third-order valence-corrected chi connectivity index (χ3v) is 14.4. The van der Waals surface area contributed by atoms with Crippen LogP contribution < -0.4 is 0 Å². The summed E-state index contributed by atoms with van der Waals surface area (Å²) in [6.07, 6.45) is 68.9. The fraction of sp³-hybridized carbons (Fsp3) is 0.983. The molecule has 0 aromatic heterocycles. The van der Waals surface area contributed by atoms with E-state index in [-0.39, 0.29) is 0 Å². The van der Waals surface area contributed by atoms with Crippen molar-refractivity contribution in [2.45, 2.75) is 349 Å². The van der Waals surface area contributed by atoms with E-state index in [1.54, 1.807) is 0 Å². The zero-order chi connectivity index (χ0) is 45.6. The lowest BCUT2D eigenvalue weighted by Crippen LogP contribution is -2.34. The molecule has 3 heteroatoms. The van der Waals surface area contributed by atoms with Gasteiger partial charge in [0.05, 0.1) is 0 Å². The molecule has 0 aromatic rings. The van der Waals surface area contributed by atoms with Crippen LogP contribution in [0.25, 0.3) is 0 Å². The number of rotatable bonds is 56. The second kappa shape index (κ2) is 55.8. The number of amides is 1. The molecule has 0 atom stereocenters. The minimum Gasteiger partial charge on any atom is -0.343 e. The van der Waals surface area contributed by atoms with Crippen molar-refractivity contribution in [3.8, 4) is 0 Å². The van der Waals surface area contributed by atoms with Crippen molar-refractivity contribution in [1.82, 2.24) is 9.80 Å². The molecule has 0 heterocycles. The fourth-order valence-corrected chi connectivity index (χ4v) is 9.95. The van der Waals surface area contributed by atoms with E-state index in [4.69, 9.17) is 0 Å². The summed E-state index contributed by atoms with van der Waals surface area (Å²) >= 11 is 0. The Morgan fingerprint density at radius 3 is 0.619 bits per heavy atom. The summed E-state index contributed by atoms with van der Waals surface area (Å²) in [7, 11) is 0. The van der Waals surface area contributed by atoms with Gasteiger partial charge in [-0.25, -0.2) is 0 Å². The maximum Gasteiger partial charge on any atom is 0.222 e. The quantitative estimate of drug-likeness (QED) is 0.0568. The second-order valence-corrected chi connectivity index (χ2v) is 20.9. The summed E-state index contributed by atoms with van der Waals surface area (Å²) in [4.78, 5) is 18.9. The van der Waals surface area contributed by atoms with Crippen LogP contribution in [0.5, 0.6) is 0 Å². The molecule has 63 heavy (non-hydrogen) atoms. The predicted octanol–water partition coefficient (Wildman–Crippen LogP) is 20.7. The molecule has 0 aliphatic rings. The largest absolute Gasteiger partial charge is 0.343 e. The second-order valence-electron chi connectivity index (χ2n) is 20.9. The van der Waals surface area contributed by atoms with Gasteiger partial charge in [-0.05, 0) is 51.7 Å². The molecule has 0 rings (SSSR count). The summed E-state index contributed by atoms with van der Waals surface area (Å²) < 4.78 is 0. The summed E-state index contributed by atoms with van der Waals surface area (Å²) in [5.41, 5.74) is 0. The van der Waals surface area contributed by atoms with E-state index >= 15 is 0 Å². The lowest BCUT2D eigenvalue weighted by molar-refractivity contribution is -0.131. The summed E-state index contributed by atoms with van der Waals surface area (Å²) in [5, 5.41) is 0. The normalized spacial score (nSPS) is 11.7. The first-order chi connectivity index (χ1) is 31.2. The van der Waals surface area contributed by atoms with Crippen molar-refractivity contribution in [2.24, 2.45) is 0 Å². The van der Waals surface area contributed by atoms with Crippen molar-refractivity contribution in [1.29, 1.82) is 0 Å². The van der Waals surface area contributed by atoms with Gasteiger partial charge in [-0.2, -0.15) is 0 Å². The van der Waals surface area contributed by atoms with Gasteiger partial charge in [0.15, 0.2) is 0 Å². The third kappa shape index (κ3) is 50.7. The lowest BCUT2D eigenvalue weighted by Gasteiger charge is -2.25. The van der Waals surface area contributed by atoms with Crippen LogP contribution in [-0.4, -0.2) is 48.4 Å². The molecular weight excluding hydrogens is 765 g/mol. The number of nitrogens with zero attached hydrogens (tertiary/aromatic N) is 2. The smallest absolute Gasteiger partial charge is 0.222 e. The third-order valence-electron chi connectivity index (χ3n) is 14.4. The molecular formula is C60H122N2O. The minimum absolute atomic E-state index is 0.455. The molecule has 0 aromatic carbocycles. The lowest BCUT2D eigenvalue weighted by atomic mass is 10.0. The van der Waals surface area contributed by atoms with Crippen molar-refractivity contribution in [3.05, 3.63) is 0 Å². The fourth-order valence-electron chi connectivity index (χ4n) is 9.95. The van der Waals surface area contributed by atoms with E-state index in [0.717, 1.165) is 32.5 Å². The molecule has 0 aliphatic heterocycles. The first kappa shape index (κ1) is 62.4. The Labute approximate surface area is 400 Å². The molecule has 0 saturated heterocycles. The maximum absolute atomic E-state index is 13.8. The van der Waals surface area contributed by atoms with Gasteiger partial charge < -0.3 is 9.80 Å². The molecule has 3 nitrogen and oxygen atoms in total. The van der Waals surface area contributed by atoms with Gasteiger partial charge in [-0.1, -0.05) is 310 Å². The van der Waals surface area contributed by atoms with Crippen LogP contribution in [-0.2, 0) is 4.79 Å². The van der Waals surface area contributed by atoms with E-state index < -0.39 is 0 Å².